The fourth-order valence-electron chi connectivity index (χ4n) is 2.44. The van der Waals surface area contributed by atoms with Crippen LogP contribution < -0.4 is 10.6 Å². The Bertz CT molecular complexity index is 555. The molecule has 5 nitrogen and oxygen atoms in total. The summed E-state index contributed by atoms with van der Waals surface area (Å²) in [5, 5.41) is 14.9. The first-order chi connectivity index (χ1) is 10.6. The predicted octanol–water partition coefficient (Wildman–Crippen LogP) is 1.98. The minimum Gasteiger partial charge on any atom is -0.508 e. The minimum atomic E-state index is -0.224. The van der Waals surface area contributed by atoms with E-state index in [-0.39, 0.29) is 17.6 Å². The molecule has 0 heterocycles. The number of phenolic OH excluding ortho intramolecular Hbond substituents is 1. The van der Waals surface area contributed by atoms with Crippen LogP contribution in [-0.2, 0) is 4.79 Å². The number of carbonyl (C=O) groups excluding carboxylic acids is 2. The lowest BCUT2D eigenvalue weighted by Crippen LogP contribution is -2.30. The number of allylic oxidation sites excluding steroid dienone is 2. The Morgan fingerprint density at radius 1 is 1.23 bits per heavy atom. The standard InChI is InChI=1S/C17H22N2O3/c20-15-8-3-7-14(12-15)17(22)19-10-4-9-18-16(21)11-13-5-1-2-6-13/h1,3,5,7-8,12-13,20H,2,4,6,9-11H2,(H,18,21)(H,19,22)/t13-/m0/s1. The number of rotatable bonds is 7. The van der Waals surface area contributed by atoms with Gasteiger partial charge in [-0.05, 0) is 43.4 Å². The molecular formula is C17H22N2O3. The topological polar surface area (TPSA) is 78.4 Å². The van der Waals surface area contributed by atoms with E-state index in [1.807, 2.05) is 0 Å². The Kier molecular flexibility index (Phi) is 6.01. The third-order valence-corrected chi connectivity index (χ3v) is 3.63. The van der Waals surface area contributed by atoms with Crippen LogP contribution >= 0.6 is 0 Å². The van der Waals surface area contributed by atoms with E-state index in [0.29, 0.717) is 37.4 Å². The number of benzene rings is 1. The van der Waals surface area contributed by atoms with Gasteiger partial charge in [-0.3, -0.25) is 9.59 Å². The molecule has 22 heavy (non-hydrogen) atoms. The van der Waals surface area contributed by atoms with Crippen LogP contribution in [0.3, 0.4) is 0 Å². The monoisotopic (exact) mass is 302 g/mol. The molecule has 0 fully saturated rings. The van der Waals surface area contributed by atoms with Gasteiger partial charge in [-0.25, -0.2) is 0 Å². The first kappa shape index (κ1) is 16.1. The number of aromatic hydroxyl groups is 1. The van der Waals surface area contributed by atoms with Crippen LogP contribution in [0.25, 0.3) is 0 Å². The normalized spacial score (nSPS) is 16.5. The van der Waals surface area contributed by atoms with Crippen LogP contribution in [0.2, 0.25) is 0 Å². The Labute approximate surface area is 130 Å². The van der Waals surface area contributed by atoms with Crippen molar-refractivity contribution >= 4 is 11.8 Å². The second kappa shape index (κ2) is 8.22. The van der Waals surface area contributed by atoms with Crippen LogP contribution in [0.4, 0.5) is 0 Å². The van der Waals surface area contributed by atoms with Gasteiger partial charge >= 0.3 is 0 Å². The molecular weight excluding hydrogens is 280 g/mol. The largest absolute Gasteiger partial charge is 0.508 e. The number of hydrogen-bond donors (Lipinski definition) is 3. The maximum atomic E-state index is 11.8. The number of nitrogens with one attached hydrogen (secondary N) is 2. The van der Waals surface area contributed by atoms with Crippen molar-refractivity contribution in [3.8, 4) is 5.75 Å². The zero-order chi connectivity index (χ0) is 15.8. The smallest absolute Gasteiger partial charge is 0.251 e. The van der Waals surface area contributed by atoms with Crippen LogP contribution in [0.1, 0.15) is 36.0 Å². The van der Waals surface area contributed by atoms with E-state index in [0.717, 1.165) is 12.8 Å². The summed E-state index contributed by atoms with van der Waals surface area (Å²) in [7, 11) is 0. The predicted molar refractivity (Wildman–Crippen MR) is 84.5 cm³/mol. The maximum absolute atomic E-state index is 11.8. The summed E-state index contributed by atoms with van der Waals surface area (Å²) in [5.41, 5.74) is 0.428. The molecule has 0 saturated carbocycles. The van der Waals surface area contributed by atoms with Crippen LogP contribution in [0.5, 0.6) is 5.75 Å². The molecule has 2 amide bonds. The van der Waals surface area contributed by atoms with E-state index in [1.165, 1.54) is 12.1 Å². The van der Waals surface area contributed by atoms with E-state index in [9.17, 15) is 14.7 Å². The van der Waals surface area contributed by atoms with Crippen molar-refractivity contribution in [3.05, 3.63) is 42.0 Å². The zero-order valence-electron chi connectivity index (χ0n) is 12.5. The van der Waals surface area contributed by atoms with Gasteiger partial charge in [-0.15, -0.1) is 0 Å². The molecule has 118 valence electrons. The summed E-state index contributed by atoms with van der Waals surface area (Å²) < 4.78 is 0. The Balaban J connectivity index is 1.58. The number of hydrogen-bond acceptors (Lipinski definition) is 3. The van der Waals surface area contributed by atoms with Crippen molar-refractivity contribution in [2.45, 2.75) is 25.7 Å². The van der Waals surface area contributed by atoms with Gasteiger partial charge in [0.25, 0.3) is 5.91 Å². The quantitative estimate of drug-likeness (QED) is 0.532. The summed E-state index contributed by atoms with van der Waals surface area (Å²) in [4.78, 5) is 23.5. The maximum Gasteiger partial charge on any atom is 0.251 e. The summed E-state index contributed by atoms with van der Waals surface area (Å²) in [6, 6.07) is 6.21. The molecule has 2 rings (SSSR count). The van der Waals surface area contributed by atoms with Gasteiger partial charge in [0.15, 0.2) is 0 Å². The van der Waals surface area contributed by atoms with Crippen molar-refractivity contribution in [3.63, 3.8) is 0 Å². The van der Waals surface area contributed by atoms with Crippen molar-refractivity contribution < 1.29 is 14.7 Å². The summed E-state index contributed by atoms with van der Waals surface area (Å²) in [5.74, 6) is 0.292. The number of carbonyl (C=O) groups is 2. The van der Waals surface area contributed by atoms with Crippen molar-refractivity contribution in [2.24, 2.45) is 5.92 Å². The molecule has 0 saturated heterocycles. The summed E-state index contributed by atoms with van der Waals surface area (Å²) in [6.07, 6.45) is 7.58. The molecule has 0 unspecified atom stereocenters. The highest BCUT2D eigenvalue weighted by Gasteiger charge is 2.13. The lowest BCUT2D eigenvalue weighted by atomic mass is 10.1. The van der Waals surface area contributed by atoms with Gasteiger partial charge in [0.1, 0.15) is 5.75 Å². The average molecular weight is 302 g/mol. The average Bonchev–Trinajstić information content (AvgIpc) is 2.99. The SMILES string of the molecule is O=C(C[C@H]1C=CCC1)NCCCNC(=O)c1cccc(O)c1. The van der Waals surface area contributed by atoms with Gasteiger partial charge < -0.3 is 15.7 Å². The van der Waals surface area contributed by atoms with Gasteiger partial charge in [-0.2, -0.15) is 0 Å². The lowest BCUT2D eigenvalue weighted by Gasteiger charge is -2.09. The second-order valence-corrected chi connectivity index (χ2v) is 5.48. The highest BCUT2D eigenvalue weighted by atomic mass is 16.3. The molecule has 0 radical (unpaired) electrons. The van der Waals surface area contributed by atoms with E-state index in [1.54, 1.807) is 12.1 Å². The minimum absolute atomic E-state index is 0.0656. The molecule has 0 aromatic heterocycles. The Morgan fingerprint density at radius 2 is 2.05 bits per heavy atom. The summed E-state index contributed by atoms with van der Waals surface area (Å²) >= 11 is 0. The Morgan fingerprint density at radius 3 is 2.77 bits per heavy atom. The highest BCUT2D eigenvalue weighted by Crippen LogP contribution is 2.19. The number of phenols is 1. The van der Waals surface area contributed by atoms with E-state index in [2.05, 4.69) is 22.8 Å². The lowest BCUT2D eigenvalue weighted by molar-refractivity contribution is -0.121. The number of amides is 2. The van der Waals surface area contributed by atoms with Crippen LogP contribution in [0.15, 0.2) is 36.4 Å². The van der Waals surface area contributed by atoms with Crippen molar-refractivity contribution in [2.75, 3.05) is 13.1 Å². The van der Waals surface area contributed by atoms with Crippen molar-refractivity contribution in [1.82, 2.24) is 10.6 Å². The fourth-order valence-corrected chi connectivity index (χ4v) is 2.44. The molecule has 0 spiro atoms. The molecule has 5 heteroatoms. The molecule has 1 aliphatic rings. The third-order valence-electron chi connectivity index (χ3n) is 3.63. The fraction of sp³-hybridized carbons (Fsp3) is 0.412. The van der Waals surface area contributed by atoms with Crippen LogP contribution in [-0.4, -0.2) is 30.0 Å². The van der Waals surface area contributed by atoms with Gasteiger partial charge in [-0.1, -0.05) is 18.2 Å². The molecule has 0 bridgehead atoms. The molecule has 1 aliphatic carbocycles. The van der Waals surface area contributed by atoms with Gasteiger partial charge in [0, 0.05) is 25.1 Å². The summed E-state index contributed by atoms with van der Waals surface area (Å²) in [6.45, 7) is 1.04. The van der Waals surface area contributed by atoms with E-state index in [4.69, 9.17) is 0 Å². The first-order valence-electron chi connectivity index (χ1n) is 7.66. The molecule has 1 aromatic carbocycles. The molecule has 3 N–H and O–H groups in total. The molecule has 1 atom stereocenters. The Hall–Kier alpha value is -2.30. The third kappa shape index (κ3) is 5.24. The van der Waals surface area contributed by atoms with E-state index < -0.39 is 0 Å². The van der Waals surface area contributed by atoms with Gasteiger partial charge in [0.2, 0.25) is 5.91 Å². The van der Waals surface area contributed by atoms with Crippen LogP contribution in [0, 0.1) is 5.92 Å². The van der Waals surface area contributed by atoms with Crippen molar-refractivity contribution in [1.29, 1.82) is 0 Å². The highest BCUT2D eigenvalue weighted by molar-refractivity contribution is 5.94. The molecule has 0 aliphatic heterocycles. The van der Waals surface area contributed by atoms with Gasteiger partial charge in [0.05, 0.1) is 0 Å². The second-order valence-electron chi connectivity index (χ2n) is 5.48. The van der Waals surface area contributed by atoms with E-state index >= 15 is 0 Å². The zero-order valence-corrected chi connectivity index (χ0v) is 12.5. The first-order valence-corrected chi connectivity index (χ1v) is 7.66. The molecule has 1 aromatic rings.